The van der Waals surface area contributed by atoms with Gasteiger partial charge < -0.3 is 9.84 Å². The molecule has 0 aliphatic heterocycles. The van der Waals surface area contributed by atoms with E-state index in [4.69, 9.17) is 4.52 Å². The van der Waals surface area contributed by atoms with E-state index in [9.17, 15) is 9.59 Å². The lowest BCUT2D eigenvalue weighted by molar-refractivity contribution is -0.119. The molecule has 0 saturated heterocycles. The van der Waals surface area contributed by atoms with E-state index in [0.29, 0.717) is 28.9 Å². The van der Waals surface area contributed by atoms with Crippen LogP contribution in [0.5, 0.6) is 0 Å². The third-order valence-corrected chi connectivity index (χ3v) is 4.16. The Morgan fingerprint density at radius 3 is 2.76 bits per heavy atom. The lowest BCUT2D eigenvalue weighted by Gasteiger charge is -2.17. The molecule has 1 unspecified atom stereocenters. The van der Waals surface area contributed by atoms with Crippen molar-refractivity contribution in [2.45, 2.75) is 40.2 Å². The molecule has 2 heterocycles. The maximum absolute atomic E-state index is 12.7. The normalized spacial score (nSPS) is 12.3. The zero-order valence-electron chi connectivity index (χ0n) is 14.7. The SMILES string of the molecule is CCC(C(=O)Nc1cccc(C)c1)n1nc(C)c2c(C)onc2c1=O. The Balaban J connectivity index is 2.01. The molecule has 1 N–H and O–H groups in total. The molecule has 0 aliphatic carbocycles. The Bertz CT molecular complexity index is 1000. The second-order valence-electron chi connectivity index (χ2n) is 6.08. The van der Waals surface area contributed by atoms with Crippen molar-refractivity contribution >= 4 is 22.5 Å². The van der Waals surface area contributed by atoms with Crippen molar-refractivity contribution in [2.75, 3.05) is 5.32 Å². The standard InChI is InChI=1S/C18H20N4O3/c1-5-14(17(23)19-13-8-6-7-10(2)9-13)22-18(24)16-15(11(3)20-22)12(4)25-21-16/h6-9,14H,5H2,1-4H3,(H,19,23). The largest absolute Gasteiger partial charge is 0.360 e. The Labute approximate surface area is 144 Å². The van der Waals surface area contributed by atoms with E-state index in [1.165, 1.54) is 4.68 Å². The summed E-state index contributed by atoms with van der Waals surface area (Å²) in [5.41, 5.74) is 2.11. The number of hydrogen-bond acceptors (Lipinski definition) is 5. The number of nitrogens with zero attached hydrogens (tertiary/aromatic N) is 3. The third-order valence-electron chi connectivity index (χ3n) is 4.16. The van der Waals surface area contributed by atoms with Crippen molar-refractivity contribution in [1.82, 2.24) is 14.9 Å². The Morgan fingerprint density at radius 1 is 1.32 bits per heavy atom. The number of benzene rings is 1. The van der Waals surface area contributed by atoms with Gasteiger partial charge in [-0.25, -0.2) is 4.68 Å². The molecule has 1 amide bonds. The molecule has 0 bridgehead atoms. The van der Waals surface area contributed by atoms with E-state index in [1.807, 2.05) is 38.1 Å². The summed E-state index contributed by atoms with van der Waals surface area (Å²) in [5, 5.41) is 11.6. The molecule has 130 valence electrons. The average molecular weight is 340 g/mol. The van der Waals surface area contributed by atoms with Gasteiger partial charge in [0.05, 0.1) is 11.1 Å². The lowest BCUT2D eigenvalue weighted by Crippen LogP contribution is -2.35. The molecule has 0 fully saturated rings. The Kier molecular flexibility index (Phi) is 4.39. The molecule has 0 saturated carbocycles. The van der Waals surface area contributed by atoms with Gasteiger partial charge in [-0.3, -0.25) is 9.59 Å². The summed E-state index contributed by atoms with van der Waals surface area (Å²) in [7, 11) is 0. The summed E-state index contributed by atoms with van der Waals surface area (Å²) in [6.07, 6.45) is 0.423. The molecule has 1 aromatic carbocycles. The topological polar surface area (TPSA) is 90.0 Å². The number of fused-ring (bicyclic) bond motifs is 1. The summed E-state index contributed by atoms with van der Waals surface area (Å²) in [4.78, 5) is 25.4. The first kappa shape index (κ1) is 16.9. The molecule has 7 nitrogen and oxygen atoms in total. The molecule has 0 aliphatic rings. The Morgan fingerprint density at radius 2 is 2.08 bits per heavy atom. The summed E-state index contributed by atoms with van der Waals surface area (Å²) in [6, 6.07) is 6.76. The van der Waals surface area contributed by atoms with Crippen LogP contribution in [0, 0.1) is 20.8 Å². The highest BCUT2D eigenvalue weighted by atomic mass is 16.5. The van der Waals surface area contributed by atoms with Crippen LogP contribution < -0.4 is 10.9 Å². The van der Waals surface area contributed by atoms with Crippen LogP contribution in [0.4, 0.5) is 5.69 Å². The third kappa shape index (κ3) is 3.05. The number of anilines is 1. The van der Waals surface area contributed by atoms with Crippen molar-refractivity contribution in [1.29, 1.82) is 0 Å². The van der Waals surface area contributed by atoms with Crippen molar-refractivity contribution in [2.24, 2.45) is 0 Å². The molecule has 3 aromatic rings. The maximum Gasteiger partial charge on any atom is 0.297 e. The van der Waals surface area contributed by atoms with Crippen LogP contribution in [-0.4, -0.2) is 20.8 Å². The van der Waals surface area contributed by atoms with Gasteiger partial charge in [-0.1, -0.05) is 24.2 Å². The number of aromatic nitrogens is 3. The van der Waals surface area contributed by atoms with Crippen LogP contribution in [0.3, 0.4) is 0 Å². The highest BCUT2D eigenvalue weighted by molar-refractivity contribution is 5.94. The maximum atomic E-state index is 12.7. The van der Waals surface area contributed by atoms with Crippen molar-refractivity contribution in [3.8, 4) is 0 Å². The molecule has 0 spiro atoms. The molecular formula is C18H20N4O3. The van der Waals surface area contributed by atoms with Gasteiger partial charge in [0.1, 0.15) is 11.8 Å². The van der Waals surface area contributed by atoms with Crippen LogP contribution in [0.1, 0.15) is 36.4 Å². The second-order valence-corrected chi connectivity index (χ2v) is 6.08. The quantitative estimate of drug-likeness (QED) is 0.788. The number of rotatable bonds is 4. The van der Waals surface area contributed by atoms with Crippen LogP contribution in [-0.2, 0) is 4.79 Å². The van der Waals surface area contributed by atoms with E-state index >= 15 is 0 Å². The minimum Gasteiger partial charge on any atom is -0.360 e. The number of carbonyl (C=O) groups is 1. The number of carbonyl (C=O) groups excluding carboxylic acids is 1. The first-order valence-corrected chi connectivity index (χ1v) is 8.15. The summed E-state index contributed by atoms with van der Waals surface area (Å²) < 4.78 is 6.31. The number of amides is 1. The fraction of sp³-hybridized carbons (Fsp3) is 0.333. The molecule has 0 radical (unpaired) electrons. The van der Waals surface area contributed by atoms with Crippen LogP contribution in [0.2, 0.25) is 0 Å². The van der Waals surface area contributed by atoms with E-state index in [0.717, 1.165) is 5.56 Å². The highest BCUT2D eigenvalue weighted by Crippen LogP contribution is 2.20. The van der Waals surface area contributed by atoms with Crippen molar-refractivity contribution in [3.63, 3.8) is 0 Å². The van der Waals surface area contributed by atoms with Gasteiger partial charge in [-0.15, -0.1) is 0 Å². The van der Waals surface area contributed by atoms with Gasteiger partial charge in [-0.2, -0.15) is 5.10 Å². The monoisotopic (exact) mass is 340 g/mol. The molecule has 7 heteroatoms. The fourth-order valence-corrected chi connectivity index (χ4v) is 2.94. The zero-order chi connectivity index (χ0) is 18.1. The molecule has 3 rings (SSSR count). The van der Waals surface area contributed by atoms with E-state index in [-0.39, 0.29) is 11.4 Å². The predicted molar refractivity (Wildman–Crippen MR) is 94.7 cm³/mol. The first-order valence-electron chi connectivity index (χ1n) is 8.15. The minimum atomic E-state index is -0.729. The minimum absolute atomic E-state index is 0.201. The van der Waals surface area contributed by atoms with E-state index < -0.39 is 11.6 Å². The lowest BCUT2D eigenvalue weighted by atomic mass is 10.1. The number of hydrogen-bond donors (Lipinski definition) is 1. The fourth-order valence-electron chi connectivity index (χ4n) is 2.94. The van der Waals surface area contributed by atoms with E-state index in [2.05, 4.69) is 15.6 Å². The van der Waals surface area contributed by atoms with Gasteiger partial charge in [0.15, 0.2) is 5.52 Å². The summed E-state index contributed by atoms with van der Waals surface area (Å²) in [6.45, 7) is 7.29. The molecule has 2 aromatic heterocycles. The van der Waals surface area contributed by atoms with Crippen LogP contribution in [0.25, 0.3) is 10.9 Å². The van der Waals surface area contributed by atoms with Gasteiger partial charge in [0, 0.05) is 5.69 Å². The molecule has 25 heavy (non-hydrogen) atoms. The predicted octanol–water partition coefficient (Wildman–Crippen LogP) is 2.90. The van der Waals surface area contributed by atoms with Gasteiger partial charge in [0.25, 0.3) is 5.56 Å². The summed E-state index contributed by atoms with van der Waals surface area (Å²) >= 11 is 0. The number of aryl methyl sites for hydroxylation is 3. The average Bonchev–Trinajstić information content (AvgIpc) is 2.95. The molecular weight excluding hydrogens is 320 g/mol. The summed E-state index contributed by atoms with van der Waals surface area (Å²) in [5.74, 6) is 0.253. The Hall–Kier alpha value is -2.96. The smallest absolute Gasteiger partial charge is 0.297 e. The van der Waals surface area contributed by atoms with Crippen LogP contribution >= 0.6 is 0 Å². The van der Waals surface area contributed by atoms with Gasteiger partial charge >= 0.3 is 0 Å². The van der Waals surface area contributed by atoms with Gasteiger partial charge in [-0.05, 0) is 44.9 Å². The highest BCUT2D eigenvalue weighted by Gasteiger charge is 2.24. The van der Waals surface area contributed by atoms with Crippen molar-refractivity contribution in [3.05, 3.63) is 51.6 Å². The van der Waals surface area contributed by atoms with E-state index in [1.54, 1.807) is 13.8 Å². The van der Waals surface area contributed by atoms with Crippen LogP contribution in [0.15, 0.2) is 33.6 Å². The zero-order valence-corrected chi connectivity index (χ0v) is 14.7. The first-order chi connectivity index (χ1) is 11.9. The second kappa shape index (κ2) is 6.51. The number of nitrogens with one attached hydrogen (secondary N) is 1. The van der Waals surface area contributed by atoms with Crippen molar-refractivity contribution < 1.29 is 9.32 Å². The molecule has 1 atom stereocenters. The van der Waals surface area contributed by atoms with Gasteiger partial charge in [0.2, 0.25) is 5.91 Å².